The highest BCUT2D eigenvalue weighted by atomic mass is 16.5. The minimum atomic E-state index is -0.962. The molecule has 96 valence electrons. The zero-order chi connectivity index (χ0) is 13.4. The Bertz CT molecular complexity index is 421. The van der Waals surface area contributed by atoms with Crippen LogP contribution in [0, 0.1) is 0 Å². The molecule has 0 amide bonds. The highest BCUT2D eigenvalue weighted by Gasteiger charge is 2.11. The van der Waals surface area contributed by atoms with Crippen molar-refractivity contribution >= 4 is 12.0 Å². The van der Waals surface area contributed by atoms with E-state index in [2.05, 4.69) is 6.58 Å². The van der Waals surface area contributed by atoms with Gasteiger partial charge >= 0.3 is 5.97 Å². The van der Waals surface area contributed by atoms with Gasteiger partial charge in [0.2, 0.25) is 0 Å². The maximum atomic E-state index is 10.5. The van der Waals surface area contributed by atoms with Gasteiger partial charge in [-0.2, -0.15) is 0 Å². The molecule has 0 unspecified atom stereocenters. The fourth-order valence-electron chi connectivity index (χ4n) is 1.61. The third kappa shape index (κ3) is 4.97. The Morgan fingerprint density at radius 1 is 1.44 bits per heavy atom. The zero-order valence-electron chi connectivity index (χ0n) is 10.5. The van der Waals surface area contributed by atoms with Crippen LogP contribution in [-0.4, -0.2) is 23.8 Å². The molecule has 3 heteroatoms. The van der Waals surface area contributed by atoms with Gasteiger partial charge in [-0.25, -0.2) is 4.79 Å². The van der Waals surface area contributed by atoms with Crippen molar-refractivity contribution in [3.63, 3.8) is 0 Å². The van der Waals surface area contributed by atoms with Crippen LogP contribution in [0.5, 0.6) is 0 Å². The van der Waals surface area contributed by atoms with Gasteiger partial charge in [0.1, 0.15) is 6.61 Å². The predicted molar refractivity (Wildman–Crippen MR) is 72.3 cm³/mol. The summed E-state index contributed by atoms with van der Waals surface area (Å²) in [4.78, 5) is 10.5. The first-order valence-electron chi connectivity index (χ1n) is 5.81. The van der Waals surface area contributed by atoms with Gasteiger partial charge in [0, 0.05) is 0 Å². The van der Waals surface area contributed by atoms with E-state index in [0.717, 1.165) is 11.1 Å². The van der Waals surface area contributed by atoms with Crippen LogP contribution < -0.4 is 0 Å². The summed E-state index contributed by atoms with van der Waals surface area (Å²) in [5, 5.41) is 8.63. The predicted octanol–water partition coefficient (Wildman–Crippen LogP) is 3.14. The van der Waals surface area contributed by atoms with Crippen molar-refractivity contribution in [3.05, 3.63) is 54.1 Å². The van der Waals surface area contributed by atoms with Crippen molar-refractivity contribution in [1.29, 1.82) is 0 Å². The fourth-order valence-corrected chi connectivity index (χ4v) is 1.61. The highest BCUT2D eigenvalue weighted by molar-refractivity contribution is 5.68. The number of hydrogen-bond acceptors (Lipinski definition) is 2. The summed E-state index contributed by atoms with van der Waals surface area (Å²) in [6.07, 6.45) is 4.09. The first kappa shape index (κ1) is 14.2. The number of carboxylic acids is 1. The minimum Gasteiger partial charge on any atom is -0.480 e. The molecule has 0 saturated heterocycles. The lowest BCUT2D eigenvalue weighted by molar-refractivity contribution is -0.143. The summed E-state index contributed by atoms with van der Waals surface area (Å²) >= 11 is 0. The van der Waals surface area contributed by atoms with Crippen LogP contribution in [0.4, 0.5) is 0 Å². The maximum Gasteiger partial charge on any atom is 0.329 e. The molecule has 0 aliphatic heterocycles. The van der Waals surface area contributed by atoms with Gasteiger partial charge in [-0.3, -0.25) is 0 Å². The topological polar surface area (TPSA) is 46.5 Å². The van der Waals surface area contributed by atoms with Crippen LogP contribution in [0.1, 0.15) is 18.9 Å². The fraction of sp³-hybridized carbons (Fsp3) is 0.267. The Morgan fingerprint density at radius 2 is 2.11 bits per heavy atom. The second-order valence-electron chi connectivity index (χ2n) is 4.02. The first-order chi connectivity index (χ1) is 8.63. The lowest BCUT2D eigenvalue weighted by atomic mass is 10.0. The van der Waals surface area contributed by atoms with E-state index in [9.17, 15) is 4.79 Å². The Kier molecular flexibility index (Phi) is 5.88. The van der Waals surface area contributed by atoms with E-state index in [1.165, 1.54) is 0 Å². The van der Waals surface area contributed by atoms with Crippen molar-refractivity contribution in [2.24, 2.45) is 0 Å². The van der Waals surface area contributed by atoms with Crippen molar-refractivity contribution in [3.8, 4) is 0 Å². The molecule has 0 heterocycles. The lowest BCUT2D eigenvalue weighted by Gasteiger charge is -2.16. The molecule has 0 fully saturated rings. The number of carbonyl (C=O) groups is 1. The van der Waals surface area contributed by atoms with Crippen LogP contribution in [0.25, 0.3) is 6.08 Å². The van der Waals surface area contributed by atoms with E-state index in [0.29, 0.717) is 6.42 Å². The minimum absolute atomic E-state index is 0.237. The standard InChI is InChI=1S/C15H18O3/c1-3-7-14(18-11-15(16)17)12(2)10-13-8-5-4-6-9-13/h3-6,8-10,14H,1,7,11H2,2H3,(H,16,17)/b12-10+/t14-/m0/s1. The molecule has 0 saturated carbocycles. The monoisotopic (exact) mass is 246 g/mol. The van der Waals surface area contributed by atoms with Gasteiger partial charge in [-0.15, -0.1) is 6.58 Å². The van der Waals surface area contributed by atoms with Gasteiger partial charge < -0.3 is 9.84 Å². The van der Waals surface area contributed by atoms with E-state index in [-0.39, 0.29) is 12.7 Å². The number of rotatable bonds is 7. The molecule has 1 atom stereocenters. The molecular formula is C15H18O3. The molecule has 1 aromatic carbocycles. The molecule has 1 rings (SSSR count). The Morgan fingerprint density at radius 3 is 2.67 bits per heavy atom. The van der Waals surface area contributed by atoms with Crippen LogP contribution in [0.3, 0.4) is 0 Å². The van der Waals surface area contributed by atoms with Crippen LogP contribution in [0.2, 0.25) is 0 Å². The normalized spacial score (nSPS) is 13.1. The number of benzene rings is 1. The van der Waals surface area contributed by atoms with Gasteiger partial charge in [0.15, 0.2) is 0 Å². The number of aliphatic carboxylic acids is 1. The van der Waals surface area contributed by atoms with Crippen LogP contribution in [-0.2, 0) is 9.53 Å². The average molecular weight is 246 g/mol. The summed E-state index contributed by atoms with van der Waals surface area (Å²) < 4.78 is 5.34. The molecule has 18 heavy (non-hydrogen) atoms. The molecule has 0 spiro atoms. The van der Waals surface area contributed by atoms with Crippen molar-refractivity contribution < 1.29 is 14.6 Å². The highest BCUT2D eigenvalue weighted by Crippen LogP contribution is 2.15. The maximum absolute atomic E-state index is 10.5. The van der Waals surface area contributed by atoms with Crippen LogP contribution in [0.15, 0.2) is 48.6 Å². The van der Waals surface area contributed by atoms with Crippen LogP contribution >= 0.6 is 0 Å². The van der Waals surface area contributed by atoms with E-state index in [1.807, 2.05) is 43.3 Å². The van der Waals surface area contributed by atoms with E-state index in [4.69, 9.17) is 9.84 Å². The third-order valence-electron chi connectivity index (χ3n) is 2.49. The van der Waals surface area contributed by atoms with Gasteiger partial charge in [0.25, 0.3) is 0 Å². The van der Waals surface area contributed by atoms with Crippen molar-refractivity contribution in [1.82, 2.24) is 0 Å². The molecule has 0 bridgehead atoms. The molecule has 0 radical (unpaired) electrons. The van der Waals surface area contributed by atoms with E-state index < -0.39 is 5.97 Å². The first-order valence-corrected chi connectivity index (χ1v) is 5.81. The van der Waals surface area contributed by atoms with E-state index >= 15 is 0 Å². The molecule has 0 aliphatic carbocycles. The SMILES string of the molecule is C=CC[C@H](OCC(=O)O)/C(C)=C/c1ccccc1. The number of ether oxygens (including phenoxy) is 1. The second-order valence-corrected chi connectivity index (χ2v) is 4.02. The Balaban J connectivity index is 2.75. The molecular weight excluding hydrogens is 228 g/mol. The largest absolute Gasteiger partial charge is 0.480 e. The van der Waals surface area contributed by atoms with Gasteiger partial charge in [0.05, 0.1) is 6.10 Å². The molecule has 1 aromatic rings. The average Bonchev–Trinajstić information content (AvgIpc) is 2.35. The number of carboxylic acid groups (broad SMARTS) is 1. The van der Waals surface area contributed by atoms with Crippen molar-refractivity contribution in [2.75, 3.05) is 6.61 Å². The Hall–Kier alpha value is -1.87. The number of hydrogen-bond donors (Lipinski definition) is 1. The molecule has 3 nitrogen and oxygen atoms in total. The summed E-state index contributed by atoms with van der Waals surface area (Å²) in [5.41, 5.74) is 2.06. The third-order valence-corrected chi connectivity index (χ3v) is 2.49. The Labute approximate surface area is 107 Å². The second kappa shape index (κ2) is 7.45. The molecule has 0 aliphatic rings. The van der Waals surface area contributed by atoms with E-state index in [1.54, 1.807) is 6.08 Å². The zero-order valence-corrected chi connectivity index (χ0v) is 10.5. The lowest BCUT2D eigenvalue weighted by Crippen LogP contribution is -2.18. The van der Waals surface area contributed by atoms with Gasteiger partial charge in [-0.1, -0.05) is 42.5 Å². The van der Waals surface area contributed by atoms with Crippen molar-refractivity contribution in [2.45, 2.75) is 19.4 Å². The summed E-state index contributed by atoms with van der Waals surface area (Å²) in [6.45, 7) is 5.30. The smallest absolute Gasteiger partial charge is 0.329 e. The quantitative estimate of drug-likeness (QED) is 0.752. The molecule has 1 N–H and O–H groups in total. The molecule has 0 aromatic heterocycles. The van der Waals surface area contributed by atoms with Gasteiger partial charge in [-0.05, 0) is 24.5 Å². The summed E-state index contributed by atoms with van der Waals surface area (Å²) in [7, 11) is 0. The summed E-state index contributed by atoms with van der Waals surface area (Å²) in [6, 6.07) is 9.85. The summed E-state index contributed by atoms with van der Waals surface area (Å²) in [5.74, 6) is -0.962.